The average Bonchev–Trinajstić information content (AvgIpc) is 3.54. The monoisotopic (exact) mass is 1150 g/mol. The number of alkyl halides is 1. The Balaban J connectivity index is 1.71. The molecule has 1 unspecified atom stereocenters. The first-order valence-corrected chi connectivity index (χ1v) is 31.6. The lowest BCUT2D eigenvalue weighted by Crippen LogP contribution is -2.62. The molecule has 446 valence electrons. The molecule has 2 heterocycles. The number of allylic oxidation sites excluding steroid dienone is 1. The van der Waals surface area contributed by atoms with Gasteiger partial charge >= 0.3 is 29.8 Å². The standard InChI is InChI=1S/C60H93ClO17Si/c1-16-50(63)75-55-43(30-51(64)69-13)29-45(77-60(55,68)58(11,12)26-20-27-62)31-48(41(5)70-37-42-21-18-17-19-22-42)73-52(65)33-46(78-79(14,15)56(6,7)8)34-53(66)74-49(57(9,10)38-71-54(67)36-61)32-44-25-28-72-59(76-44)35-40(4)23-24-47(59)39(2)3/h17-22,26-27,30,39-41,44-49,55,68H,16,23-25,28-29,31-38H2,1-15H3/t40-,41-,44+,45+,46+,47+,48-,49+,55+,59?,60-/m1/s1. The fraction of sp³-hybridized carbons (Fsp3) is 0.733. The molecular weight excluding hydrogens is 1060 g/mol. The number of aldehydes is 1. The highest BCUT2D eigenvalue weighted by molar-refractivity contribution is 6.74. The van der Waals surface area contributed by atoms with Crippen molar-refractivity contribution in [3.8, 4) is 0 Å². The third-order valence-electron chi connectivity index (χ3n) is 16.2. The first-order chi connectivity index (χ1) is 36.8. The summed E-state index contributed by atoms with van der Waals surface area (Å²) >= 11 is 5.84. The SMILES string of the molecule is CCC(=O)O[C@H]1C(=CC(=O)OC)C[C@@H](C[C@@H](OC(=O)C[C@@H](CC(=O)O[C@@H](C[C@@H]2CCOC3(C[C@H](C)CC[C@H]3C(C)C)O2)C(C)(C)COC(=O)CCl)O[Si](C)(C)C(C)(C)C)[C@@H](C)OCc2ccccc2)O[C@@]1(O)C(C)(C)C=CC=O. The predicted molar refractivity (Wildman–Crippen MR) is 300 cm³/mol. The Morgan fingerprint density at radius 2 is 1.54 bits per heavy atom. The van der Waals surface area contributed by atoms with Crippen molar-refractivity contribution >= 4 is 56.1 Å². The van der Waals surface area contributed by atoms with E-state index in [2.05, 4.69) is 20.8 Å². The lowest BCUT2D eigenvalue weighted by molar-refractivity contribution is -0.342. The van der Waals surface area contributed by atoms with Gasteiger partial charge in [-0.05, 0) is 73.4 Å². The third-order valence-corrected chi connectivity index (χ3v) is 21.0. The number of hydrogen-bond donors (Lipinski definition) is 1. The topological polar surface area (TPSA) is 215 Å². The van der Waals surface area contributed by atoms with Gasteiger partial charge in [-0.2, -0.15) is 0 Å². The second kappa shape index (κ2) is 29.3. The van der Waals surface area contributed by atoms with Crippen LogP contribution in [0.5, 0.6) is 0 Å². The second-order valence-corrected chi connectivity index (χ2v) is 29.9. The molecule has 1 aromatic carbocycles. The summed E-state index contributed by atoms with van der Waals surface area (Å²) in [6.45, 7) is 27.5. The normalized spacial score (nSPS) is 26.3. The lowest BCUT2D eigenvalue weighted by Gasteiger charge is -2.52. The van der Waals surface area contributed by atoms with E-state index in [1.54, 1.807) is 27.7 Å². The van der Waals surface area contributed by atoms with E-state index in [0.29, 0.717) is 31.1 Å². The molecule has 3 aliphatic rings. The van der Waals surface area contributed by atoms with Gasteiger partial charge in [0.05, 0.1) is 64.2 Å². The number of esters is 5. The van der Waals surface area contributed by atoms with Gasteiger partial charge in [-0.15, -0.1) is 11.6 Å². The molecule has 1 N–H and O–H groups in total. The van der Waals surface area contributed by atoms with Crippen molar-refractivity contribution in [3.63, 3.8) is 0 Å². The van der Waals surface area contributed by atoms with Gasteiger partial charge in [0.1, 0.15) is 24.4 Å². The molecule has 4 rings (SSSR count). The van der Waals surface area contributed by atoms with E-state index in [1.807, 2.05) is 78.0 Å². The number of carbonyl (C=O) groups excluding carboxylic acids is 6. The van der Waals surface area contributed by atoms with Crippen molar-refractivity contribution in [2.24, 2.45) is 28.6 Å². The van der Waals surface area contributed by atoms with Crippen LogP contribution in [0.4, 0.5) is 0 Å². The molecule has 79 heavy (non-hydrogen) atoms. The molecular formula is C60H93ClO17Si. The summed E-state index contributed by atoms with van der Waals surface area (Å²) in [5, 5.41) is 12.3. The largest absolute Gasteiger partial charge is 0.466 e. The van der Waals surface area contributed by atoms with Gasteiger partial charge in [0.25, 0.3) is 0 Å². The molecule has 0 radical (unpaired) electrons. The number of ether oxygens (including phenoxy) is 9. The number of hydrogen-bond acceptors (Lipinski definition) is 17. The minimum absolute atomic E-state index is 0.0623. The molecule has 1 aromatic rings. The summed E-state index contributed by atoms with van der Waals surface area (Å²) in [5.41, 5.74) is -1.34. The van der Waals surface area contributed by atoms with Crippen LogP contribution in [0, 0.1) is 28.6 Å². The number of benzene rings is 1. The molecule has 1 saturated carbocycles. The maximum absolute atomic E-state index is 14.7. The quantitative estimate of drug-likeness (QED) is 0.0216. The predicted octanol–water partition coefficient (Wildman–Crippen LogP) is 10.4. The van der Waals surface area contributed by atoms with Crippen LogP contribution in [0.25, 0.3) is 0 Å². The first kappa shape index (κ1) is 67.5. The zero-order valence-electron chi connectivity index (χ0n) is 49.7. The Morgan fingerprint density at radius 3 is 2.14 bits per heavy atom. The molecule has 2 aliphatic heterocycles. The number of rotatable bonds is 27. The Kier molecular flexibility index (Phi) is 25.0. The fourth-order valence-corrected chi connectivity index (χ4v) is 11.8. The van der Waals surface area contributed by atoms with E-state index in [-0.39, 0.29) is 80.3 Å². The van der Waals surface area contributed by atoms with Gasteiger partial charge in [0.2, 0.25) is 5.79 Å². The second-order valence-electron chi connectivity index (χ2n) is 24.9. The Morgan fingerprint density at radius 1 is 0.886 bits per heavy atom. The number of methoxy groups -OCH3 is 1. The van der Waals surface area contributed by atoms with Crippen LogP contribution in [0.2, 0.25) is 18.1 Å². The van der Waals surface area contributed by atoms with Crippen molar-refractivity contribution in [2.75, 3.05) is 26.2 Å². The Labute approximate surface area is 475 Å². The molecule has 3 fully saturated rings. The number of halogens is 1. The van der Waals surface area contributed by atoms with E-state index < -0.39 is 97.2 Å². The van der Waals surface area contributed by atoms with Gasteiger partial charge in [0.15, 0.2) is 20.2 Å². The van der Waals surface area contributed by atoms with Gasteiger partial charge < -0.3 is 52.2 Å². The Bertz CT molecular complexity index is 2240. The van der Waals surface area contributed by atoms with Crippen molar-refractivity contribution < 1.29 is 80.9 Å². The summed E-state index contributed by atoms with van der Waals surface area (Å²) in [4.78, 5) is 79.2. The maximum atomic E-state index is 14.7. The molecule has 11 atom stereocenters. The zero-order chi connectivity index (χ0) is 59.1. The first-order valence-electron chi connectivity index (χ1n) is 28.1. The van der Waals surface area contributed by atoms with Crippen molar-refractivity contribution in [2.45, 2.75) is 226 Å². The van der Waals surface area contributed by atoms with Crippen LogP contribution in [0.15, 0.2) is 54.1 Å². The third kappa shape index (κ3) is 19.0. The van der Waals surface area contributed by atoms with Gasteiger partial charge in [0, 0.05) is 48.5 Å². The summed E-state index contributed by atoms with van der Waals surface area (Å²) in [6, 6.07) is 9.40. The van der Waals surface area contributed by atoms with Gasteiger partial charge in [-0.25, -0.2) is 4.79 Å². The molecule has 19 heteroatoms. The van der Waals surface area contributed by atoms with Crippen LogP contribution < -0.4 is 0 Å². The Hall–Kier alpha value is -4.01. The van der Waals surface area contributed by atoms with Gasteiger partial charge in [-0.3, -0.25) is 24.0 Å². The van der Waals surface area contributed by atoms with Crippen LogP contribution in [0.1, 0.15) is 153 Å². The average molecular weight is 1150 g/mol. The molecule has 0 aromatic heterocycles. The van der Waals surface area contributed by atoms with Crippen LogP contribution in [0.3, 0.4) is 0 Å². The number of carbonyl (C=O) groups is 6. The summed E-state index contributed by atoms with van der Waals surface area (Å²) in [6.07, 6.45) is 0.248. The fourth-order valence-electron chi connectivity index (χ4n) is 10.4. The molecule has 1 spiro atoms. The molecule has 0 bridgehead atoms. The van der Waals surface area contributed by atoms with E-state index in [0.717, 1.165) is 30.9 Å². The smallest absolute Gasteiger partial charge is 0.330 e. The van der Waals surface area contributed by atoms with Gasteiger partial charge in [-0.1, -0.05) is 119 Å². The van der Waals surface area contributed by atoms with E-state index in [1.165, 1.54) is 19.3 Å². The van der Waals surface area contributed by atoms with Crippen LogP contribution in [-0.4, -0.2) is 130 Å². The van der Waals surface area contributed by atoms with E-state index in [4.69, 9.17) is 58.7 Å². The molecule has 17 nitrogen and oxygen atoms in total. The summed E-state index contributed by atoms with van der Waals surface area (Å²) in [5.74, 6) is -6.11. The summed E-state index contributed by atoms with van der Waals surface area (Å²) < 4.78 is 62.5. The minimum atomic E-state index is -2.72. The molecule has 1 aliphatic carbocycles. The highest BCUT2D eigenvalue weighted by Gasteiger charge is 2.58. The number of aliphatic hydroxyl groups is 1. The summed E-state index contributed by atoms with van der Waals surface area (Å²) in [7, 11) is -1.54. The maximum Gasteiger partial charge on any atom is 0.330 e. The highest BCUT2D eigenvalue weighted by atomic mass is 35.5. The zero-order valence-corrected chi connectivity index (χ0v) is 51.5. The van der Waals surface area contributed by atoms with Crippen LogP contribution in [-0.2, 0) is 82.4 Å². The van der Waals surface area contributed by atoms with Crippen molar-refractivity contribution in [3.05, 3.63) is 59.7 Å². The lowest BCUT2D eigenvalue weighted by atomic mass is 9.72. The van der Waals surface area contributed by atoms with Crippen molar-refractivity contribution in [1.82, 2.24) is 0 Å². The highest BCUT2D eigenvalue weighted by Crippen LogP contribution is 2.49. The van der Waals surface area contributed by atoms with E-state index in [9.17, 15) is 33.9 Å². The minimum Gasteiger partial charge on any atom is -0.466 e. The van der Waals surface area contributed by atoms with Crippen LogP contribution >= 0.6 is 11.6 Å². The molecule has 0 amide bonds. The van der Waals surface area contributed by atoms with E-state index >= 15 is 0 Å². The molecule has 2 saturated heterocycles. The van der Waals surface area contributed by atoms with Crippen molar-refractivity contribution in [1.29, 1.82) is 0 Å².